The van der Waals surface area contributed by atoms with E-state index in [0.29, 0.717) is 6.61 Å². The number of nitrogens with zero attached hydrogens (tertiary/aromatic N) is 2. The van der Waals surface area contributed by atoms with Gasteiger partial charge in [0.05, 0.1) is 6.61 Å². The smallest absolute Gasteiger partial charge is 0.191 e. The second-order valence-corrected chi connectivity index (χ2v) is 5.54. The Balaban J connectivity index is 1.85. The average Bonchev–Trinajstić information content (AvgIpc) is 2.54. The van der Waals surface area contributed by atoms with Crippen LogP contribution in [0.5, 0.6) is 0 Å². The summed E-state index contributed by atoms with van der Waals surface area (Å²) in [4.78, 5) is 6.57. The molecule has 0 unspecified atom stereocenters. The van der Waals surface area contributed by atoms with E-state index in [1.165, 1.54) is 29.7 Å². The molecule has 1 heterocycles. The normalized spacial score (nSPS) is 14.7. The zero-order chi connectivity index (χ0) is 15.8. The minimum Gasteiger partial charge on any atom is -0.380 e. The van der Waals surface area contributed by atoms with Crippen molar-refractivity contribution in [2.24, 2.45) is 4.99 Å². The second kappa shape index (κ2) is 8.63. The summed E-state index contributed by atoms with van der Waals surface area (Å²) in [6.07, 6.45) is 2.41. The van der Waals surface area contributed by atoms with Gasteiger partial charge in [0, 0.05) is 46.0 Å². The zero-order valence-corrected chi connectivity index (χ0v) is 14.0. The van der Waals surface area contributed by atoms with Gasteiger partial charge in [-0.3, -0.25) is 4.99 Å². The monoisotopic (exact) mass is 304 g/mol. The van der Waals surface area contributed by atoms with Gasteiger partial charge < -0.3 is 20.3 Å². The molecule has 0 bridgehead atoms. The summed E-state index contributed by atoms with van der Waals surface area (Å²) in [5, 5.41) is 6.60. The quantitative estimate of drug-likeness (QED) is 0.478. The van der Waals surface area contributed by atoms with Gasteiger partial charge in [-0.15, -0.1) is 0 Å². The number of fused-ring (bicyclic) bond motifs is 1. The summed E-state index contributed by atoms with van der Waals surface area (Å²) in [7, 11) is 3.96. The standard InChI is InChI=1S/C17H28N4O/c1-4-22-11-9-19-17(18-2)20-13-14-7-8-16-15(12-14)6-5-10-21(16)3/h7-8,12H,4-6,9-11,13H2,1-3H3,(H2,18,19,20). The Morgan fingerprint density at radius 3 is 3.00 bits per heavy atom. The third-order valence-electron chi connectivity index (χ3n) is 3.92. The van der Waals surface area contributed by atoms with Gasteiger partial charge in [0.25, 0.3) is 0 Å². The van der Waals surface area contributed by atoms with E-state index in [-0.39, 0.29) is 0 Å². The molecule has 0 aliphatic carbocycles. The molecule has 0 fully saturated rings. The lowest BCUT2D eigenvalue weighted by molar-refractivity contribution is 0.152. The molecule has 0 spiro atoms. The largest absolute Gasteiger partial charge is 0.380 e. The molecule has 1 aliphatic heterocycles. The number of ether oxygens (including phenoxy) is 1. The number of nitrogens with one attached hydrogen (secondary N) is 2. The van der Waals surface area contributed by atoms with Crippen LogP contribution in [0.1, 0.15) is 24.5 Å². The number of hydrogen-bond acceptors (Lipinski definition) is 3. The van der Waals surface area contributed by atoms with Crippen molar-refractivity contribution in [1.29, 1.82) is 0 Å². The molecule has 22 heavy (non-hydrogen) atoms. The minimum absolute atomic E-state index is 0.697. The molecule has 0 aromatic heterocycles. The second-order valence-electron chi connectivity index (χ2n) is 5.54. The summed E-state index contributed by atoms with van der Waals surface area (Å²) in [5.41, 5.74) is 4.11. The third kappa shape index (κ3) is 4.63. The van der Waals surface area contributed by atoms with Gasteiger partial charge in [0.2, 0.25) is 0 Å². The molecule has 5 heteroatoms. The summed E-state index contributed by atoms with van der Waals surface area (Å²) in [6, 6.07) is 6.74. The third-order valence-corrected chi connectivity index (χ3v) is 3.92. The molecule has 122 valence electrons. The summed E-state index contributed by atoms with van der Waals surface area (Å²) in [5.74, 6) is 0.814. The van der Waals surface area contributed by atoms with Crippen molar-refractivity contribution in [2.45, 2.75) is 26.3 Å². The number of anilines is 1. The van der Waals surface area contributed by atoms with Crippen molar-refractivity contribution in [2.75, 3.05) is 45.3 Å². The number of rotatable bonds is 6. The molecule has 0 saturated heterocycles. The van der Waals surface area contributed by atoms with Crippen molar-refractivity contribution in [3.63, 3.8) is 0 Å². The number of aryl methyl sites for hydroxylation is 1. The Labute approximate surface area is 133 Å². The van der Waals surface area contributed by atoms with Crippen LogP contribution in [0.4, 0.5) is 5.69 Å². The molecule has 1 aliphatic rings. The van der Waals surface area contributed by atoms with Crippen molar-refractivity contribution in [3.8, 4) is 0 Å². The average molecular weight is 304 g/mol. The van der Waals surface area contributed by atoms with Crippen molar-refractivity contribution in [3.05, 3.63) is 29.3 Å². The first-order valence-corrected chi connectivity index (χ1v) is 8.09. The fraction of sp³-hybridized carbons (Fsp3) is 0.588. The Hall–Kier alpha value is -1.75. The molecule has 0 amide bonds. The van der Waals surface area contributed by atoms with Crippen molar-refractivity contribution < 1.29 is 4.74 Å². The Bertz CT molecular complexity index is 501. The Kier molecular flexibility index (Phi) is 6.52. The van der Waals surface area contributed by atoms with E-state index in [2.05, 4.69) is 45.8 Å². The van der Waals surface area contributed by atoms with Crippen LogP contribution >= 0.6 is 0 Å². The number of hydrogen-bond donors (Lipinski definition) is 2. The van der Waals surface area contributed by atoms with Crippen LogP contribution < -0.4 is 15.5 Å². The number of aliphatic imine (C=N–C) groups is 1. The lowest BCUT2D eigenvalue weighted by atomic mass is 9.99. The summed E-state index contributed by atoms with van der Waals surface area (Å²) >= 11 is 0. The van der Waals surface area contributed by atoms with Crippen LogP contribution in [0.25, 0.3) is 0 Å². The molecular weight excluding hydrogens is 276 g/mol. The molecule has 1 aromatic rings. The number of benzene rings is 1. The zero-order valence-electron chi connectivity index (χ0n) is 14.0. The van der Waals surface area contributed by atoms with Crippen molar-refractivity contribution in [1.82, 2.24) is 10.6 Å². The van der Waals surface area contributed by atoms with E-state index in [0.717, 1.165) is 32.2 Å². The highest BCUT2D eigenvalue weighted by Gasteiger charge is 2.13. The summed E-state index contributed by atoms with van der Waals surface area (Å²) < 4.78 is 5.31. The molecule has 2 N–H and O–H groups in total. The highest BCUT2D eigenvalue weighted by Crippen LogP contribution is 2.26. The van der Waals surface area contributed by atoms with Gasteiger partial charge in [-0.2, -0.15) is 0 Å². The highest BCUT2D eigenvalue weighted by atomic mass is 16.5. The SMILES string of the molecule is CCOCCNC(=NC)NCc1ccc2c(c1)CCCN2C. The number of guanidine groups is 1. The van der Waals surface area contributed by atoms with Gasteiger partial charge in [-0.05, 0) is 37.0 Å². The predicted octanol–water partition coefficient (Wildman–Crippen LogP) is 1.77. The molecule has 5 nitrogen and oxygen atoms in total. The van der Waals surface area contributed by atoms with Gasteiger partial charge in [-0.1, -0.05) is 12.1 Å². The topological polar surface area (TPSA) is 48.9 Å². The first kappa shape index (κ1) is 16.6. The first-order valence-electron chi connectivity index (χ1n) is 8.09. The van der Waals surface area contributed by atoms with Crippen molar-refractivity contribution >= 4 is 11.6 Å². The lowest BCUT2D eigenvalue weighted by Crippen LogP contribution is -2.38. The molecule has 1 aromatic carbocycles. The summed E-state index contributed by atoms with van der Waals surface area (Å²) in [6.45, 7) is 6.15. The van der Waals surface area contributed by atoms with Crippen LogP contribution in [-0.2, 0) is 17.7 Å². The van der Waals surface area contributed by atoms with Gasteiger partial charge >= 0.3 is 0 Å². The fourth-order valence-corrected chi connectivity index (χ4v) is 2.74. The molecule has 0 saturated carbocycles. The van der Waals surface area contributed by atoms with Crippen LogP contribution in [0.2, 0.25) is 0 Å². The lowest BCUT2D eigenvalue weighted by Gasteiger charge is -2.28. The highest BCUT2D eigenvalue weighted by molar-refractivity contribution is 5.79. The van der Waals surface area contributed by atoms with E-state index in [1.54, 1.807) is 7.05 Å². The maximum absolute atomic E-state index is 5.31. The molecule has 0 radical (unpaired) electrons. The molecule has 0 atom stereocenters. The van der Waals surface area contributed by atoms with E-state index >= 15 is 0 Å². The maximum atomic E-state index is 5.31. The van der Waals surface area contributed by atoms with Crippen LogP contribution in [0.3, 0.4) is 0 Å². The van der Waals surface area contributed by atoms with E-state index in [1.807, 2.05) is 6.92 Å². The first-order chi connectivity index (χ1) is 10.7. The maximum Gasteiger partial charge on any atom is 0.191 e. The van der Waals surface area contributed by atoms with E-state index in [9.17, 15) is 0 Å². The van der Waals surface area contributed by atoms with Crippen LogP contribution in [-0.4, -0.2) is 46.4 Å². The molecule has 2 rings (SSSR count). The van der Waals surface area contributed by atoms with E-state index in [4.69, 9.17) is 4.74 Å². The Morgan fingerprint density at radius 1 is 1.36 bits per heavy atom. The van der Waals surface area contributed by atoms with Crippen LogP contribution in [0, 0.1) is 0 Å². The predicted molar refractivity (Wildman–Crippen MR) is 92.7 cm³/mol. The fourth-order valence-electron chi connectivity index (χ4n) is 2.74. The minimum atomic E-state index is 0.697. The molecular formula is C17H28N4O. The van der Waals surface area contributed by atoms with E-state index < -0.39 is 0 Å². The van der Waals surface area contributed by atoms with Gasteiger partial charge in [-0.25, -0.2) is 0 Å². The van der Waals surface area contributed by atoms with Crippen LogP contribution in [0.15, 0.2) is 23.2 Å². The Morgan fingerprint density at radius 2 is 2.23 bits per heavy atom. The van der Waals surface area contributed by atoms with Gasteiger partial charge in [0.1, 0.15) is 0 Å². The van der Waals surface area contributed by atoms with Gasteiger partial charge in [0.15, 0.2) is 5.96 Å².